The second-order valence-corrected chi connectivity index (χ2v) is 4.73. The van der Waals surface area contributed by atoms with Gasteiger partial charge in [0, 0.05) is 0 Å². The molecule has 0 saturated heterocycles. The minimum atomic E-state index is -0.205. The van der Waals surface area contributed by atoms with Crippen molar-refractivity contribution < 1.29 is 4.52 Å². The van der Waals surface area contributed by atoms with Crippen molar-refractivity contribution in [2.24, 2.45) is 0 Å². The minimum absolute atomic E-state index is 0.205. The average molecular weight is 267 g/mol. The fourth-order valence-corrected chi connectivity index (χ4v) is 1.93. The molecule has 6 heteroatoms. The summed E-state index contributed by atoms with van der Waals surface area (Å²) in [5.41, 5.74) is 2.38. The molecule has 0 spiro atoms. The van der Waals surface area contributed by atoms with Crippen LogP contribution in [0.25, 0.3) is 11.5 Å². The second-order valence-electron chi connectivity index (χ2n) is 4.20. The highest BCUT2D eigenvalue weighted by atomic mass is 35.5. The Morgan fingerprint density at radius 3 is 2.83 bits per heavy atom. The van der Waals surface area contributed by atoms with Crippen LogP contribution in [0.3, 0.4) is 0 Å². The molecular weight excluding hydrogens is 252 g/mol. The Kier molecular flexibility index (Phi) is 3.91. The van der Waals surface area contributed by atoms with Crippen LogP contribution in [0.15, 0.2) is 10.6 Å². The van der Waals surface area contributed by atoms with Crippen molar-refractivity contribution in [2.75, 3.05) is 0 Å². The molecule has 0 fully saturated rings. The molecule has 0 aliphatic carbocycles. The normalized spacial score (nSPS) is 12.7. The standard InChI is InChI=1S/C12H15ClN4O/c1-4-5-10(13)11-14-12(18-17-11)9-6-7(2)15-16-8(9)3/h6,10H,4-5H2,1-3H3. The largest absolute Gasteiger partial charge is 0.334 e. The van der Waals surface area contributed by atoms with Gasteiger partial charge in [-0.3, -0.25) is 0 Å². The van der Waals surface area contributed by atoms with Gasteiger partial charge in [0.15, 0.2) is 5.82 Å². The van der Waals surface area contributed by atoms with Crippen molar-refractivity contribution >= 4 is 11.6 Å². The van der Waals surface area contributed by atoms with Crippen molar-refractivity contribution in [3.8, 4) is 11.5 Å². The number of halogens is 1. The molecule has 0 bridgehead atoms. The molecule has 5 nitrogen and oxygen atoms in total. The van der Waals surface area contributed by atoms with E-state index in [2.05, 4.69) is 27.3 Å². The van der Waals surface area contributed by atoms with Gasteiger partial charge in [-0.1, -0.05) is 18.5 Å². The molecule has 0 aliphatic heterocycles. The number of nitrogens with zero attached hydrogens (tertiary/aromatic N) is 4. The fourth-order valence-electron chi connectivity index (χ4n) is 1.62. The molecule has 0 saturated carbocycles. The SMILES string of the molecule is CCCC(Cl)c1noc(-c2cc(C)nnc2C)n1. The molecular formula is C12H15ClN4O. The lowest BCUT2D eigenvalue weighted by atomic mass is 10.2. The van der Waals surface area contributed by atoms with E-state index < -0.39 is 0 Å². The van der Waals surface area contributed by atoms with E-state index in [4.69, 9.17) is 16.1 Å². The monoisotopic (exact) mass is 266 g/mol. The molecule has 0 aliphatic rings. The van der Waals surface area contributed by atoms with Crippen molar-refractivity contribution in [2.45, 2.75) is 39.0 Å². The van der Waals surface area contributed by atoms with Gasteiger partial charge in [-0.25, -0.2) is 0 Å². The molecule has 18 heavy (non-hydrogen) atoms. The van der Waals surface area contributed by atoms with Gasteiger partial charge < -0.3 is 4.52 Å². The lowest BCUT2D eigenvalue weighted by molar-refractivity contribution is 0.420. The van der Waals surface area contributed by atoms with Crippen LogP contribution < -0.4 is 0 Å². The maximum atomic E-state index is 6.17. The van der Waals surface area contributed by atoms with Gasteiger partial charge in [-0.05, 0) is 26.3 Å². The highest BCUT2D eigenvalue weighted by Gasteiger charge is 2.17. The molecule has 0 N–H and O–H groups in total. The fraction of sp³-hybridized carbons (Fsp3) is 0.500. The molecule has 1 unspecified atom stereocenters. The van der Waals surface area contributed by atoms with Crippen molar-refractivity contribution in [3.63, 3.8) is 0 Å². The van der Waals surface area contributed by atoms with Gasteiger partial charge in [0.2, 0.25) is 0 Å². The van der Waals surface area contributed by atoms with Crippen LogP contribution in [-0.4, -0.2) is 20.3 Å². The van der Waals surface area contributed by atoms with Crippen molar-refractivity contribution in [1.82, 2.24) is 20.3 Å². The molecule has 2 heterocycles. The Bertz CT molecular complexity index is 541. The minimum Gasteiger partial charge on any atom is -0.334 e. The van der Waals surface area contributed by atoms with E-state index in [1.54, 1.807) is 0 Å². The lowest BCUT2D eigenvalue weighted by Crippen LogP contribution is -1.95. The first-order valence-corrected chi connectivity index (χ1v) is 6.34. The highest BCUT2D eigenvalue weighted by Crippen LogP contribution is 2.26. The summed E-state index contributed by atoms with van der Waals surface area (Å²) in [4.78, 5) is 4.32. The summed E-state index contributed by atoms with van der Waals surface area (Å²) in [6.07, 6.45) is 1.81. The summed E-state index contributed by atoms with van der Waals surface area (Å²) in [6, 6.07) is 1.88. The van der Waals surface area contributed by atoms with Crippen LogP contribution in [0.2, 0.25) is 0 Å². The third-order valence-corrected chi connectivity index (χ3v) is 3.01. The topological polar surface area (TPSA) is 64.7 Å². The third kappa shape index (κ3) is 2.67. The van der Waals surface area contributed by atoms with E-state index in [1.807, 2.05) is 19.9 Å². The van der Waals surface area contributed by atoms with Gasteiger partial charge in [0.1, 0.15) is 0 Å². The number of aromatic nitrogens is 4. The predicted octanol–water partition coefficient (Wildman–Crippen LogP) is 3.22. The Morgan fingerprint density at radius 1 is 1.33 bits per heavy atom. The summed E-state index contributed by atoms with van der Waals surface area (Å²) in [7, 11) is 0. The van der Waals surface area contributed by atoms with E-state index in [0.717, 1.165) is 29.8 Å². The first-order chi connectivity index (χ1) is 8.61. The van der Waals surface area contributed by atoms with Crippen molar-refractivity contribution in [1.29, 1.82) is 0 Å². The maximum absolute atomic E-state index is 6.17. The number of alkyl halides is 1. The number of hydrogen-bond acceptors (Lipinski definition) is 5. The van der Waals surface area contributed by atoms with Gasteiger partial charge >= 0.3 is 0 Å². The van der Waals surface area contributed by atoms with Crippen LogP contribution in [0.1, 0.15) is 42.4 Å². The van der Waals surface area contributed by atoms with Crippen LogP contribution in [0, 0.1) is 13.8 Å². The molecule has 2 aromatic rings. The summed E-state index contributed by atoms with van der Waals surface area (Å²) >= 11 is 6.17. The van der Waals surface area contributed by atoms with Gasteiger partial charge in [-0.15, -0.1) is 11.6 Å². The summed E-state index contributed by atoms with van der Waals surface area (Å²) < 4.78 is 5.24. The summed E-state index contributed by atoms with van der Waals surface area (Å²) in [5.74, 6) is 0.977. The number of hydrogen-bond donors (Lipinski definition) is 0. The van der Waals surface area contributed by atoms with Crippen molar-refractivity contribution in [3.05, 3.63) is 23.3 Å². The summed E-state index contributed by atoms with van der Waals surface area (Å²) in [6.45, 7) is 5.79. The molecule has 0 radical (unpaired) electrons. The van der Waals surface area contributed by atoms with E-state index in [1.165, 1.54) is 0 Å². The van der Waals surface area contributed by atoms with E-state index >= 15 is 0 Å². The molecule has 1 atom stereocenters. The zero-order chi connectivity index (χ0) is 13.1. The molecule has 0 amide bonds. The Balaban J connectivity index is 2.32. The Hall–Kier alpha value is -1.49. The molecule has 0 aromatic carbocycles. The summed E-state index contributed by atoms with van der Waals surface area (Å²) in [5, 5.41) is 11.7. The van der Waals surface area contributed by atoms with Gasteiger partial charge in [0.25, 0.3) is 5.89 Å². The molecule has 2 aromatic heterocycles. The van der Waals surface area contributed by atoms with Crippen LogP contribution in [-0.2, 0) is 0 Å². The smallest absolute Gasteiger partial charge is 0.259 e. The quantitative estimate of drug-likeness (QED) is 0.795. The lowest BCUT2D eigenvalue weighted by Gasteiger charge is -2.00. The van der Waals surface area contributed by atoms with Crippen LogP contribution in [0.4, 0.5) is 0 Å². The molecule has 2 rings (SSSR count). The number of rotatable bonds is 4. The third-order valence-electron chi connectivity index (χ3n) is 2.60. The number of aryl methyl sites for hydroxylation is 2. The predicted molar refractivity (Wildman–Crippen MR) is 68.3 cm³/mol. The highest BCUT2D eigenvalue weighted by molar-refractivity contribution is 6.20. The average Bonchev–Trinajstić information content (AvgIpc) is 2.82. The maximum Gasteiger partial charge on any atom is 0.259 e. The first-order valence-electron chi connectivity index (χ1n) is 5.90. The zero-order valence-electron chi connectivity index (χ0n) is 10.6. The first kappa shape index (κ1) is 13.0. The van der Waals surface area contributed by atoms with E-state index in [-0.39, 0.29) is 5.38 Å². The van der Waals surface area contributed by atoms with Crippen LogP contribution in [0.5, 0.6) is 0 Å². The Morgan fingerprint density at radius 2 is 2.11 bits per heavy atom. The zero-order valence-corrected chi connectivity index (χ0v) is 11.4. The van der Waals surface area contributed by atoms with E-state index in [9.17, 15) is 0 Å². The molecule has 96 valence electrons. The van der Waals surface area contributed by atoms with Crippen LogP contribution >= 0.6 is 11.6 Å². The van der Waals surface area contributed by atoms with Gasteiger partial charge in [-0.2, -0.15) is 15.2 Å². The van der Waals surface area contributed by atoms with Gasteiger partial charge in [0.05, 0.1) is 22.3 Å². The Labute approximate surface area is 111 Å². The van der Waals surface area contributed by atoms with E-state index in [0.29, 0.717) is 11.7 Å². The second kappa shape index (κ2) is 5.44.